The molecule has 4 fully saturated rings. The van der Waals surface area contributed by atoms with Crippen molar-refractivity contribution in [1.82, 2.24) is 0 Å². The maximum Gasteiger partial charge on any atom is 0.309 e. The van der Waals surface area contributed by atoms with Gasteiger partial charge < -0.3 is 10.2 Å². The minimum Gasteiger partial charge on any atom is -0.481 e. The second-order valence-electron chi connectivity index (χ2n) is 16.6. The smallest absolute Gasteiger partial charge is 0.309 e. The lowest BCUT2D eigenvalue weighted by molar-refractivity contribution is -0.164. The summed E-state index contributed by atoms with van der Waals surface area (Å²) in [7, 11) is 0. The normalized spacial score (nSPS) is 42.5. The summed E-state index contributed by atoms with van der Waals surface area (Å²) in [6.07, 6.45) is 17.6. The van der Waals surface area contributed by atoms with E-state index >= 15 is 0 Å². The molecular weight excluding hydrogens is 548 g/mol. The molecule has 5 heteroatoms. The number of rotatable bonds is 9. The number of allylic oxidation sites excluding steroid dienone is 4. The molecule has 0 aromatic carbocycles. The van der Waals surface area contributed by atoms with Crippen LogP contribution in [0.1, 0.15) is 137 Å². The summed E-state index contributed by atoms with van der Waals surface area (Å²) < 4.78 is 0. The Morgan fingerprint density at radius 1 is 0.750 bits per heavy atom. The SMILES string of the molecule is C=C1CC[C@H]2[C@@](C)(CCC[C@]2(C)C(=O)O)[C@@H]1CCC(=O)C1CC=C(CC[C@@H]2C(=C)CC[C@H]3[C@@]2(C)CCC[C@]3(C)C(=O)O)CC1. The van der Waals surface area contributed by atoms with Crippen molar-refractivity contribution in [2.24, 2.45) is 51.2 Å². The van der Waals surface area contributed by atoms with Gasteiger partial charge in [0.25, 0.3) is 0 Å². The van der Waals surface area contributed by atoms with Crippen LogP contribution in [-0.2, 0) is 14.4 Å². The van der Waals surface area contributed by atoms with Crippen LogP contribution in [0.4, 0.5) is 0 Å². The van der Waals surface area contributed by atoms with E-state index in [9.17, 15) is 24.6 Å². The first kappa shape index (κ1) is 33.2. The van der Waals surface area contributed by atoms with Gasteiger partial charge in [-0.15, -0.1) is 0 Å². The van der Waals surface area contributed by atoms with E-state index in [0.717, 1.165) is 103 Å². The minimum atomic E-state index is -0.685. The minimum absolute atomic E-state index is 0.00649. The first-order valence-corrected chi connectivity index (χ1v) is 17.7. The number of aliphatic carboxylic acids is 2. The molecule has 0 radical (unpaired) electrons. The molecule has 0 aromatic heterocycles. The number of ketones is 1. The van der Waals surface area contributed by atoms with E-state index < -0.39 is 22.8 Å². The maximum absolute atomic E-state index is 13.5. The second-order valence-corrected chi connectivity index (χ2v) is 16.6. The third-order valence-corrected chi connectivity index (χ3v) is 14.4. The van der Waals surface area contributed by atoms with Crippen LogP contribution in [0.2, 0.25) is 0 Å². The molecule has 0 spiro atoms. The molecule has 5 aliphatic carbocycles. The third-order valence-electron chi connectivity index (χ3n) is 14.4. The van der Waals surface area contributed by atoms with E-state index in [1.54, 1.807) is 0 Å². The van der Waals surface area contributed by atoms with E-state index in [1.165, 1.54) is 16.7 Å². The molecule has 1 unspecified atom stereocenters. The average molecular weight is 607 g/mol. The van der Waals surface area contributed by atoms with Crippen molar-refractivity contribution in [3.8, 4) is 0 Å². The molecule has 0 aliphatic heterocycles. The summed E-state index contributed by atoms with van der Waals surface area (Å²) in [5.41, 5.74) is 2.56. The summed E-state index contributed by atoms with van der Waals surface area (Å²) in [6, 6.07) is 0. The number of hydrogen-bond donors (Lipinski definition) is 2. The van der Waals surface area contributed by atoms with Gasteiger partial charge in [-0.2, -0.15) is 0 Å². The highest BCUT2D eigenvalue weighted by molar-refractivity contribution is 5.81. The van der Waals surface area contributed by atoms with E-state index in [2.05, 4.69) is 33.1 Å². The lowest BCUT2D eigenvalue weighted by Crippen LogP contribution is -2.53. The molecule has 5 rings (SSSR count). The maximum atomic E-state index is 13.5. The van der Waals surface area contributed by atoms with Gasteiger partial charge in [-0.25, -0.2) is 0 Å². The predicted molar refractivity (Wildman–Crippen MR) is 175 cm³/mol. The quantitative estimate of drug-likeness (QED) is 0.255. The molecule has 0 amide bonds. The fourth-order valence-corrected chi connectivity index (χ4v) is 11.7. The third kappa shape index (κ3) is 5.57. The number of hydrogen-bond acceptors (Lipinski definition) is 3. The highest BCUT2D eigenvalue weighted by atomic mass is 16.4. The van der Waals surface area contributed by atoms with Gasteiger partial charge in [0, 0.05) is 12.3 Å². The number of carboxylic acids is 2. The molecule has 9 atom stereocenters. The van der Waals surface area contributed by atoms with Gasteiger partial charge in [0.1, 0.15) is 5.78 Å². The zero-order chi connectivity index (χ0) is 32.1. The lowest BCUT2D eigenvalue weighted by atomic mass is 9.46. The molecule has 2 N–H and O–H groups in total. The Morgan fingerprint density at radius 3 is 1.70 bits per heavy atom. The predicted octanol–water partition coefficient (Wildman–Crippen LogP) is 9.57. The standard InChI is InChI=1S/C39H58O5/c1-25-9-19-32-36(3,21-7-23-38(32,5)34(41)42)29(25)16-13-27-11-14-28(15-12-27)31(40)18-17-30-26(2)10-20-33-37(30,4)22-8-24-39(33,6)35(43)44/h11,28-30,32-33H,1-2,7-10,12-24H2,3-6H3,(H,41,42)(H,43,44)/t28?,29-,30-,32+,33+,36+,37+,38+,39+/m1/s1. The fraction of sp³-hybridized carbons (Fsp3) is 0.769. The van der Waals surface area contributed by atoms with E-state index in [4.69, 9.17) is 0 Å². The summed E-state index contributed by atoms with van der Waals surface area (Å²) >= 11 is 0. The van der Waals surface area contributed by atoms with Crippen molar-refractivity contribution in [2.45, 2.75) is 137 Å². The topological polar surface area (TPSA) is 91.7 Å². The molecule has 0 heterocycles. The van der Waals surface area contributed by atoms with E-state index in [0.29, 0.717) is 18.1 Å². The Bertz CT molecular complexity index is 1230. The van der Waals surface area contributed by atoms with E-state index in [-0.39, 0.29) is 34.5 Å². The van der Waals surface area contributed by atoms with Gasteiger partial charge >= 0.3 is 11.9 Å². The van der Waals surface area contributed by atoms with Gasteiger partial charge in [-0.1, -0.05) is 62.6 Å². The van der Waals surface area contributed by atoms with Crippen molar-refractivity contribution in [1.29, 1.82) is 0 Å². The second kappa shape index (κ2) is 12.2. The molecule has 244 valence electrons. The highest BCUT2D eigenvalue weighted by Crippen LogP contribution is 2.63. The molecule has 0 saturated heterocycles. The molecular formula is C39H58O5. The highest BCUT2D eigenvalue weighted by Gasteiger charge is 2.58. The van der Waals surface area contributed by atoms with Crippen LogP contribution in [0.15, 0.2) is 36.0 Å². The number of carbonyl (C=O) groups is 3. The fourth-order valence-electron chi connectivity index (χ4n) is 11.7. The van der Waals surface area contributed by atoms with Crippen LogP contribution < -0.4 is 0 Å². The van der Waals surface area contributed by atoms with Crippen LogP contribution in [-0.4, -0.2) is 27.9 Å². The molecule has 4 saturated carbocycles. The van der Waals surface area contributed by atoms with Crippen LogP contribution in [0.5, 0.6) is 0 Å². The van der Waals surface area contributed by atoms with Gasteiger partial charge in [0.05, 0.1) is 10.8 Å². The molecule has 0 aromatic rings. The first-order chi connectivity index (χ1) is 20.7. The van der Waals surface area contributed by atoms with Crippen LogP contribution in [0.3, 0.4) is 0 Å². The number of fused-ring (bicyclic) bond motifs is 2. The summed E-state index contributed by atoms with van der Waals surface area (Å²) in [5.74, 6) is 0.0502. The zero-order valence-corrected chi connectivity index (χ0v) is 28.0. The van der Waals surface area contributed by atoms with Gasteiger partial charge in [-0.05, 0) is 138 Å². The average Bonchev–Trinajstić information content (AvgIpc) is 2.96. The Labute approximate surface area is 266 Å². The summed E-state index contributed by atoms with van der Waals surface area (Å²) in [6.45, 7) is 17.5. The number of carbonyl (C=O) groups excluding carboxylic acids is 1. The van der Waals surface area contributed by atoms with Crippen LogP contribution in [0.25, 0.3) is 0 Å². The Hall–Kier alpha value is -2.17. The lowest BCUT2D eigenvalue weighted by Gasteiger charge is -2.57. The molecule has 0 bridgehead atoms. The van der Waals surface area contributed by atoms with Crippen molar-refractivity contribution in [2.75, 3.05) is 0 Å². The Morgan fingerprint density at radius 2 is 1.25 bits per heavy atom. The van der Waals surface area contributed by atoms with Crippen molar-refractivity contribution < 1.29 is 24.6 Å². The van der Waals surface area contributed by atoms with Crippen LogP contribution in [0, 0.1) is 51.2 Å². The van der Waals surface area contributed by atoms with Crippen molar-refractivity contribution >= 4 is 17.7 Å². The van der Waals surface area contributed by atoms with E-state index in [1.807, 2.05) is 13.8 Å². The molecule has 44 heavy (non-hydrogen) atoms. The monoisotopic (exact) mass is 606 g/mol. The van der Waals surface area contributed by atoms with Gasteiger partial charge in [0.15, 0.2) is 0 Å². The van der Waals surface area contributed by atoms with Gasteiger partial charge in [-0.3, -0.25) is 14.4 Å². The summed E-state index contributed by atoms with van der Waals surface area (Å²) in [4.78, 5) is 38.2. The first-order valence-electron chi connectivity index (χ1n) is 17.7. The molecule has 5 aliphatic rings. The number of Topliss-reactive ketones (excluding diaryl/α,β-unsaturated/α-hetero) is 1. The zero-order valence-electron chi connectivity index (χ0n) is 28.0. The van der Waals surface area contributed by atoms with Crippen molar-refractivity contribution in [3.63, 3.8) is 0 Å². The summed E-state index contributed by atoms with van der Waals surface area (Å²) in [5, 5.41) is 20.3. The van der Waals surface area contributed by atoms with Gasteiger partial charge in [0.2, 0.25) is 0 Å². The largest absolute Gasteiger partial charge is 0.481 e. The molecule has 5 nitrogen and oxygen atoms in total. The van der Waals surface area contributed by atoms with Crippen molar-refractivity contribution in [3.05, 3.63) is 36.0 Å². The Balaban J connectivity index is 1.17. The van der Waals surface area contributed by atoms with Crippen LogP contribution >= 0.6 is 0 Å². The number of carboxylic acid groups (broad SMARTS) is 2. The Kier molecular flexibility index (Phi) is 9.21.